The molecule has 28 heavy (non-hydrogen) atoms. The van der Waals surface area contributed by atoms with Crippen molar-refractivity contribution in [2.24, 2.45) is 0 Å². The van der Waals surface area contributed by atoms with E-state index in [-0.39, 0.29) is 17.7 Å². The molecule has 2 amide bonds. The van der Waals surface area contributed by atoms with E-state index in [1.165, 1.54) is 6.92 Å². The van der Waals surface area contributed by atoms with E-state index < -0.39 is 0 Å². The molecule has 0 aliphatic carbocycles. The van der Waals surface area contributed by atoms with Gasteiger partial charge in [-0.25, -0.2) is 14.6 Å². The van der Waals surface area contributed by atoms with Crippen LogP contribution in [0.15, 0.2) is 42.7 Å². The van der Waals surface area contributed by atoms with Gasteiger partial charge in [0.1, 0.15) is 5.52 Å². The quantitative estimate of drug-likeness (QED) is 0.728. The molecule has 8 nitrogen and oxygen atoms in total. The van der Waals surface area contributed by atoms with Gasteiger partial charge in [-0.2, -0.15) is 5.10 Å². The molecule has 1 atom stereocenters. The number of carbonyl (C=O) groups excluding carboxylic acids is 2. The van der Waals surface area contributed by atoms with Gasteiger partial charge in [-0.05, 0) is 18.6 Å². The number of aromatic nitrogens is 4. The van der Waals surface area contributed by atoms with Crippen molar-refractivity contribution in [1.82, 2.24) is 30.0 Å². The van der Waals surface area contributed by atoms with Gasteiger partial charge in [0.2, 0.25) is 5.91 Å². The molecule has 0 saturated carbocycles. The number of rotatable bonds is 5. The Labute approximate surface area is 162 Å². The number of carbonyl (C=O) groups is 2. The lowest BCUT2D eigenvalue weighted by atomic mass is 10.0. The maximum absolute atomic E-state index is 12.7. The summed E-state index contributed by atoms with van der Waals surface area (Å²) in [6.07, 6.45) is 4.14. The normalized spacial score (nSPS) is 16.5. The van der Waals surface area contributed by atoms with Crippen molar-refractivity contribution in [2.45, 2.75) is 25.8 Å². The van der Waals surface area contributed by atoms with Crippen molar-refractivity contribution < 1.29 is 9.59 Å². The minimum absolute atomic E-state index is 0.0450. The van der Waals surface area contributed by atoms with Crippen molar-refractivity contribution in [1.29, 1.82) is 0 Å². The van der Waals surface area contributed by atoms with Gasteiger partial charge in [0.25, 0.3) is 5.91 Å². The molecule has 4 rings (SSSR count). The fraction of sp³-hybridized carbons (Fsp3) is 0.350. The molecule has 1 saturated heterocycles. The number of amides is 2. The summed E-state index contributed by atoms with van der Waals surface area (Å²) in [4.78, 5) is 34.6. The molecule has 0 bridgehead atoms. The Morgan fingerprint density at radius 2 is 1.96 bits per heavy atom. The maximum atomic E-state index is 12.7. The first-order chi connectivity index (χ1) is 13.6. The van der Waals surface area contributed by atoms with Gasteiger partial charge in [-0.3, -0.25) is 9.59 Å². The molecule has 0 radical (unpaired) electrons. The SMILES string of the molecule is CC(=O)NCCn1nc([C@@H]2CCN(C(=O)c3ccccc3)C2)c2nccnc21. The van der Waals surface area contributed by atoms with E-state index in [0.29, 0.717) is 37.4 Å². The maximum Gasteiger partial charge on any atom is 0.253 e. The van der Waals surface area contributed by atoms with Gasteiger partial charge in [-0.1, -0.05) is 18.2 Å². The van der Waals surface area contributed by atoms with Crippen LogP contribution >= 0.6 is 0 Å². The van der Waals surface area contributed by atoms with E-state index in [0.717, 1.165) is 17.6 Å². The number of likely N-dealkylation sites (tertiary alicyclic amines) is 1. The molecule has 2 aromatic heterocycles. The Balaban J connectivity index is 1.54. The third-order valence-corrected chi connectivity index (χ3v) is 4.97. The molecule has 1 aliphatic heterocycles. The monoisotopic (exact) mass is 378 g/mol. The lowest BCUT2D eigenvalue weighted by Gasteiger charge is -2.16. The van der Waals surface area contributed by atoms with Crippen LogP contribution in [0.1, 0.15) is 35.3 Å². The van der Waals surface area contributed by atoms with Crippen LogP contribution in [0.25, 0.3) is 11.2 Å². The molecule has 1 N–H and O–H groups in total. The second-order valence-electron chi connectivity index (χ2n) is 6.92. The van der Waals surface area contributed by atoms with Crippen molar-refractivity contribution >= 4 is 23.0 Å². The van der Waals surface area contributed by atoms with Crippen LogP contribution in [0.5, 0.6) is 0 Å². The fourth-order valence-electron chi connectivity index (χ4n) is 3.62. The zero-order chi connectivity index (χ0) is 19.5. The Hall–Kier alpha value is -3.29. The highest BCUT2D eigenvalue weighted by Crippen LogP contribution is 2.31. The largest absolute Gasteiger partial charge is 0.354 e. The van der Waals surface area contributed by atoms with Crippen molar-refractivity contribution in [2.75, 3.05) is 19.6 Å². The number of fused-ring (bicyclic) bond motifs is 1. The van der Waals surface area contributed by atoms with E-state index in [9.17, 15) is 9.59 Å². The minimum Gasteiger partial charge on any atom is -0.354 e. The molecule has 1 aliphatic rings. The van der Waals surface area contributed by atoms with E-state index >= 15 is 0 Å². The highest BCUT2D eigenvalue weighted by molar-refractivity contribution is 5.94. The highest BCUT2D eigenvalue weighted by Gasteiger charge is 2.31. The third-order valence-electron chi connectivity index (χ3n) is 4.97. The molecule has 3 aromatic rings. The average molecular weight is 378 g/mol. The zero-order valence-electron chi connectivity index (χ0n) is 15.7. The van der Waals surface area contributed by atoms with Gasteiger partial charge < -0.3 is 10.2 Å². The van der Waals surface area contributed by atoms with Crippen molar-refractivity contribution in [3.05, 3.63) is 54.0 Å². The van der Waals surface area contributed by atoms with Crippen LogP contribution in [0.4, 0.5) is 0 Å². The topological polar surface area (TPSA) is 93.0 Å². The van der Waals surface area contributed by atoms with Gasteiger partial charge in [0.15, 0.2) is 5.65 Å². The summed E-state index contributed by atoms with van der Waals surface area (Å²) < 4.78 is 1.79. The molecule has 8 heteroatoms. The van der Waals surface area contributed by atoms with Crippen LogP contribution in [0.2, 0.25) is 0 Å². The molecule has 144 valence electrons. The van der Waals surface area contributed by atoms with Crippen molar-refractivity contribution in [3.8, 4) is 0 Å². The first kappa shape index (κ1) is 18.1. The Kier molecular flexibility index (Phi) is 5.01. The zero-order valence-corrected chi connectivity index (χ0v) is 15.7. The van der Waals surface area contributed by atoms with Crippen LogP contribution in [0.3, 0.4) is 0 Å². The minimum atomic E-state index is -0.0753. The van der Waals surface area contributed by atoms with Crippen LogP contribution < -0.4 is 5.32 Å². The molecule has 1 aromatic carbocycles. The molecule has 0 spiro atoms. The number of nitrogens with zero attached hydrogens (tertiary/aromatic N) is 5. The predicted molar refractivity (Wildman–Crippen MR) is 104 cm³/mol. The van der Waals surface area contributed by atoms with Crippen LogP contribution in [0, 0.1) is 0 Å². The Morgan fingerprint density at radius 1 is 1.18 bits per heavy atom. The van der Waals surface area contributed by atoms with Gasteiger partial charge in [0.05, 0.1) is 12.2 Å². The Bertz CT molecular complexity index is 1000. The average Bonchev–Trinajstić information content (AvgIpc) is 3.33. The number of nitrogens with one attached hydrogen (secondary N) is 1. The lowest BCUT2D eigenvalue weighted by Crippen LogP contribution is -2.28. The fourth-order valence-corrected chi connectivity index (χ4v) is 3.62. The summed E-state index contributed by atoms with van der Waals surface area (Å²) >= 11 is 0. The summed E-state index contributed by atoms with van der Waals surface area (Å²) in [5.74, 6) is 0.0890. The molecular weight excluding hydrogens is 356 g/mol. The molecule has 3 heterocycles. The highest BCUT2D eigenvalue weighted by atomic mass is 16.2. The standard InChI is InChI=1S/C20H22N6O2/c1-14(27)21-10-12-26-19-18(22-8-9-23-19)17(24-26)16-7-11-25(13-16)20(28)15-5-3-2-4-6-15/h2-6,8-9,16H,7,10-13H2,1H3,(H,21,27)/t16-/m1/s1. The van der Waals surface area contributed by atoms with Gasteiger partial charge >= 0.3 is 0 Å². The predicted octanol–water partition coefficient (Wildman–Crippen LogP) is 1.59. The van der Waals surface area contributed by atoms with Crippen molar-refractivity contribution in [3.63, 3.8) is 0 Å². The molecule has 1 fully saturated rings. The molecular formula is C20H22N6O2. The van der Waals surface area contributed by atoms with Crippen LogP contribution in [-0.2, 0) is 11.3 Å². The van der Waals surface area contributed by atoms with E-state index in [1.807, 2.05) is 35.2 Å². The van der Waals surface area contributed by atoms with E-state index in [4.69, 9.17) is 5.10 Å². The lowest BCUT2D eigenvalue weighted by molar-refractivity contribution is -0.118. The summed E-state index contributed by atoms with van der Waals surface area (Å²) in [6, 6.07) is 9.34. The smallest absolute Gasteiger partial charge is 0.253 e. The Morgan fingerprint density at radius 3 is 2.75 bits per heavy atom. The van der Waals surface area contributed by atoms with Gasteiger partial charge in [0, 0.05) is 50.4 Å². The first-order valence-corrected chi connectivity index (χ1v) is 9.39. The second-order valence-corrected chi connectivity index (χ2v) is 6.92. The third kappa shape index (κ3) is 3.58. The van der Waals surface area contributed by atoms with E-state index in [1.54, 1.807) is 17.1 Å². The summed E-state index contributed by atoms with van der Waals surface area (Å²) in [7, 11) is 0. The number of benzene rings is 1. The summed E-state index contributed by atoms with van der Waals surface area (Å²) in [5, 5.41) is 7.51. The van der Waals surface area contributed by atoms with E-state index in [2.05, 4.69) is 15.3 Å². The first-order valence-electron chi connectivity index (χ1n) is 9.39. The van der Waals surface area contributed by atoms with Crippen LogP contribution in [-0.4, -0.2) is 56.1 Å². The summed E-state index contributed by atoms with van der Waals surface area (Å²) in [5.41, 5.74) is 3.04. The number of hydrogen-bond donors (Lipinski definition) is 1. The molecule has 0 unspecified atom stereocenters. The number of hydrogen-bond acceptors (Lipinski definition) is 5. The second kappa shape index (κ2) is 7.75. The summed E-state index contributed by atoms with van der Waals surface area (Å²) in [6.45, 7) is 3.80. The van der Waals surface area contributed by atoms with Gasteiger partial charge in [-0.15, -0.1) is 0 Å².